The Balaban J connectivity index is 2.47. The lowest BCUT2D eigenvalue weighted by Crippen LogP contribution is -2.03. The molecule has 2 rings (SSSR count). The first-order valence-corrected chi connectivity index (χ1v) is 6.91. The Morgan fingerprint density at radius 2 is 1.89 bits per heavy atom. The van der Waals surface area contributed by atoms with Gasteiger partial charge in [0.25, 0.3) is 0 Å². The molecule has 0 heterocycles. The lowest BCUT2D eigenvalue weighted by Gasteiger charge is -2.07. The molecule has 0 amide bonds. The van der Waals surface area contributed by atoms with Crippen molar-refractivity contribution >= 4 is 44.9 Å². The predicted octanol–water partition coefficient (Wildman–Crippen LogP) is 5.00. The molecule has 2 nitrogen and oxygen atoms in total. The van der Waals surface area contributed by atoms with Crippen molar-refractivity contribution in [3.05, 3.63) is 62.0 Å². The third-order valence-corrected chi connectivity index (χ3v) is 3.83. The first kappa shape index (κ1) is 14.4. The summed E-state index contributed by atoms with van der Waals surface area (Å²) in [5, 5.41) is 0.969. The lowest BCUT2D eigenvalue weighted by atomic mass is 10.0. The van der Waals surface area contributed by atoms with E-state index in [1.807, 2.05) is 0 Å². The molecule has 0 fully saturated rings. The molecule has 0 saturated carbocycles. The highest BCUT2D eigenvalue weighted by Crippen LogP contribution is 2.28. The average molecular weight is 360 g/mol. The summed E-state index contributed by atoms with van der Waals surface area (Å²) in [4.78, 5) is 12.4. The molecule has 0 atom stereocenters. The number of methoxy groups -OCH3 is 1. The van der Waals surface area contributed by atoms with Crippen molar-refractivity contribution in [2.24, 2.45) is 0 Å². The molecule has 0 aliphatic rings. The average Bonchev–Trinajstić information content (AvgIpc) is 2.41. The number of rotatable bonds is 3. The van der Waals surface area contributed by atoms with Gasteiger partial charge in [-0.2, -0.15) is 0 Å². The lowest BCUT2D eigenvalue weighted by molar-refractivity contribution is 0.103. The van der Waals surface area contributed by atoms with Crippen LogP contribution in [0.15, 0.2) is 40.9 Å². The zero-order valence-electron chi connectivity index (χ0n) is 9.91. The van der Waals surface area contributed by atoms with Crippen LogP contribution < -0.4 is 4.74 Å². The molecule has 5 heteroatoms. The molecule has 98 valence electrons. The molecule has 0 radical (unpaired) electrons. The van der Waals surface area contributed by atoms with Crippen molar-refractivity contribution in [2.75, 3.05) is 7.11 Å². The molecule has 0 spiro atoms. The van der Waals surface area contributed by atoms with Gasteiger partial charge in [-0.3, -0.25) is 4.79 Å². The molecule has 0 N–H and O–H groups in total. The minimum Gasteiger partial charge on any atom is -0.495 e. The van der Waals surface area contributed by atoms with Crippen LogP contribution in [0.25, 0.3) is 0 Å². The standard InChI is InChI=1S/C14H9BrCl2O2/c1-19-13-6-8(2-5-12(13)17)14(18)10-7-9(16)3-4-11(10)15/h2-7H,1H3. The molecule has 2 aromatic carbocycles. The largest absolute Gasteiger partial charge is 0.495 e. The summed E-state index contributed by atoms with van der Waals surface area (Å²) in [5.74, 6) is 0.315. The summed E-state index contributed by atoms with van der Waals surface area (Å²) < 4.78 is 5.79. The van der Waals surface area contributed by atoms with E-state index in [4.69, 9.17) is 27.9 Å². The summed E-state index contributed by atoms with van der Waals surface area (Å²) in [5.41, 5.74) is 0.987. The van der Waals surface area contributed by atoms with Crippen molar-refractivity contribution in [1.29, 1.82) is 0 Å². The van der Waals surface area contributed by atoms with Crippen molar-refractivity contribution in [3.63, 3.8) is 0 Å². The topological polar surface area (TPSA) is 26.3 Å². The van der Waals surface area contributed by atoms with Crippen LogP contribution in [0, 0.1) is 0 Å². The fourth-order valence-electron chi connectivity index (χ4n) is 1.63. The van der Waals surface area contributed by atoms with Gasteiger partial charge in [0.05, 0.1) is 12.1 Å². The molecule has 0 aromatic heterocycles. The molecule has 0 bridgehead atoms. The van der Waals surface area contributed by atoms with Gasteiger partial charge >= 0.3 is 0 Å². The summed E-state index contributed by atoms with van der Waals surface area (Å²) >= 11 is 15.2. The number of carbonyl (C=O) groups excluding carboxylic acids is 1. The maximum Gasteiger partial charge on any atom is 0.194 e. The summed E-state index contributed by atoms with van der Waals surface area (Å²) in [6, 6.07) is 9.97. The van der Waals surface area contributed by atoms with Gasteiger partial charge in [0.1, 0.15) is 5.75 Å². The van der Waals surface area contributed by atoms with Crippen LogP contribution in [0.3, 0.4) is 0 Å². The minimum absolute atomic E-state index is 0.149. The number of ketones is 1. The van der Waals surface area contributed by atoms with Crippen LogP contribution >= 0.6 is 39.1 Å². The summed E-state index contributed by atoms with van der Waals surface area (Å²) in [6.07, 6.45) is 0. The van der Waals surface area contributed by atoms with Gasteiger partial charge in [-0.25, -0.2) is 0 Å². The van der Waals surface area contributed by atoms with Gasteiger partial charge in [-0.05, 0) is 36.4 Å². The van der Waals surface area contributed by atoms with Gasteiger partial charge < -0.3 is 4.74 Å². The normalized spacial score (nSPS) is 10.3. The third kappa shape index (κ3) is 3.11. The van der Waals surface area contributed by atoms with Crippen molar-refractivity contribution in [1.82, 2.24) is 0 Å². The van der Waals surface area contributed by atoms with Crippen LogP contribution in [0.1, 0.15) is 15.9 Å². The van der Waals surface area contributed by atoms with Gasteiger partial charge in [0.15, 0.2) is 5.78 Å². The first-order chi connectivity index (χ1) is 9.02. The van der Waals surface area contributed by atoms with E-state index in [9.17, 15) is 4.79 Å². The SMILES string of the molecule is COc1cc(C(=O)c2cc(Cl)ccc2Br)ccc1Cl. The highest BCUT2D eigenvalue weighted by atomic mass is 79.9. The maximum absolute atomic E-state index is 12.4. The van der Waals surface area contributed by atoms with Crippen LogP contribution in [0.4, 0.5) is 0 Å². The number of hydrogen-bond acceptors (Lipinski definition) is 2. The van der Waals surface area contributed by atoms with Gasteiger partial charge in [0, 0.05) is 20.6 Å². The Morgan fingerprint density at radius 3 is 2.58 bits per heavy atom. The van der Waals surface area contributed by atoms with E-state index in [0.29, 0.717) is 31.4 Å². The Bertz CT molecular complexity index is 641. The third-order valence-electron chi connectivity index (χ3n) is 2.59. The van der Waals surface area contributed by atoms with Gasteiger partial charge in [0.2, 0.25) is 0 Å². The van der Waals surface area contributed by atoms with E-state index in [-0.39, 0.29) is 5.78 Å². The molecular weight excluding hydrogens is 351 g/mol. The number of halogens is 3. The maximum atomic E-state index is 12.4. The Labute approximate surface area is 129 Å². The quantitative estimate of drug-likeness (QED) is 0.721. The molecule has 0 saturated heterocycles. The van der Waals surface area contributed by atoms with Crippen molar-refractivity contribution in [2.45, 2.75) is 0 Å². The van der Waals surface area contributed by atoms with E-state index in [1.54, 1.807) is 36.4 Å². The minimum atomic E-state index is -0.149. The summed E-state index contributed by atoms with van der Waals surface area (Å²) in [6.45, 7) is 0. The van der Waals surface area contributed by atoms with Crippen molar-refractivity contribution < 1.29 is 9.53 Å². The molecule has 2 aromatic rings. The van der Waals surface area contributed by atoms with Crippen LogP contribution in [0.2, 0.25) is 10.0 Å². The predicted molar refractivity (Wildman–Crippen MR) is 80.6 cm³/mol. The van der Waals surface area contributed by atoms with E-state index in [0.717, 1.165) is 0 Å². The molecule has 0 unspecified atom stereocenters. The zero-order chi connectivity index (χ0) is 14.0. The van der Waals surface area contributed by atoms with Crippen LogP contribution in [0.5, 0.6) is 5.75 Å². The highest BCUT2D eigenvalue weighted by molar-refractivity contribution is 9.10. The highest BCUT2D eigenvalue weighted by Gasteiger charge is 2.15. The van der Waals surface area contributed by atoms with Crippen LogP contribution in [-0.2, 0) is 0 Å². The van der Waals surface area contributed by atoms with E-state index in [1.165, 1.54) is 7.11 Å². The number of benzene rings is 2. The second-order valence-electron chi connectivity index (χ2n) is 3.80. The summed E-state index contributed by atoms with van der Waals surface area (Å²) in [7, 11) is 1.50. The van der Waals surface area contributed by atoms with Crippen LogP contribution in [-0.4, -0.2) is 12.9 Å². The number of ether oxygens (including phenoxy) is 1. The fourth-order valence-corrected chi connectivity index (χ4v) is 2.42. The zero-order valence-corrected chi connectivity index (χ0v) is 13.0. The molecule has 0 aliphatic carbocycles. The Hall–Kier alpha value is -1.03. The molecule has 0 aliphatic heterocycles. The Kier molecular flexibility index (Phi) is 4.50. The smallest absolute Gasteiger partial charge is 0.194 e. The Morgan fingerprint density at radius 1 is 1.16 bits per heavy atom. The van der Waals surface area contributed by atoms with Crippen molar-refractivity contribution in [3.8, 4) is 5.75 Å². The fraction of sp³-hybridized carbons (Fsp3) is 0.0714. The second-order valence-corrected chi connectivity index (χ2v) is 5.50. The van der Waals surface area contributed by atoms with E-state index < -0.39 is 0 Å². The monoisotopic (exact) mass is 358 g/mol. The second kappa shape index (κ2) is 5.95. The molecule has 19 heavy (non-hydrogen) atoms. The number of hydrogen-bond donors (Lipinski definition) is 0. The first-order valence-electron chi connectivity index (χ1n) is 5.36. The van der Waals surface area contributed by atoms with E-state index >= 15 is 0 Å². The molecular formula is C14H9BrCl2O2. The number of carbonyl (C=O) groups is 1. The van der Waals surface area contributed by atoms with Gasteiger partial charge in [-0.15, -0.1) is 0 Å². The van der Waals surface area contributed by atoms with Gasteiger partial charge in [-0.1, -0.05) is 39.1 Å². The van der Waals surface area contributed by atoms with E-state index in [2.05, 4.69) is 15.9 Å².